The number of nitrogens with zero attached hydrogens (tertiary/aromatic N) is 1. The molecule has 3 nitrogen and oxygen atoms in total. The summed E-state index contributed by atoms with van der Waals surface area (Å²) in [5.74, 6) is 1.45. The minimum absolute atomic E-state index is 0.329. The largest absolute Gasteiger partial charge is 0.339 e. The molecule has 17 heavy (non-hydrogen) atoms. The van der Waals surface area contributed by atoms with E-state index in [2.05, 4.69) is 25.7 Å². The molecule has 1 saturated carbocycles. The van der Waals surface area contributed by atoms with Crippen molar-refractivity contribution < 1.29 is 4.79 Å². The van der Waals surface area contributed by atoms with Crippen LogP contribution >= 0.6 is 0 Å². The van der Waals surface area contributed by atoms with Gasteiger partial charge in [0.25, 0.3) is 0 Å². The third-order valence-electron chi connectivity index (χ3n) is 4.38. The van der Waals surface area contributed by atoms with E-state index >= 15 is 0 Å². The lowest BCUT2D eigenvalue weighted by Crippen LogP contribution is -2.44. The normalized spacial score (nSPS) is 37.5. The Bertz CT molecular complexity index is 301. The lowest BCUT2D eigenvalue weighted by molar-refractivity contribution is -0.131. The molecular formula is C14H26N2O. The summed E-state index contributed by atoms with van der Waals surface area (Å²) in [6, 6.07) is 0.456. The van der Waals surface area contributed by atoms with Gasteiger partial charge in [-0.3, -0.25) is 4.79 Å². The van der Waals surface area contributed by atoms with Gasteiger partial charge < -0.3 is 10.6 Å². The summed E-state index contributed by atoms with van der Waals surface area (Å²) in [6.45, 7) is 8.51. The molecule has 1 aliphatic heterocycles. The molecule has 1 aliphatic carbocycles. The fraction of sp³-hybridized carbons (Fsp3) is 0.929. The molecule has 1 saturated heterocycles. The van der Waals surface area contributed by atoms with Crippen molar-refractivity contribution in [1.29, 1.82) is 0 Å². The first-order valence-electron chi connectivity index (χ1n) is 6.91. The minimum atomic E-state index is 0.329. The van der Waals surface area contributed by atoms with Gasteiger partial charge in [0, 0.05) is 19.0 Å². The fourth-order valence-electron chi connectivity index (χ4n) is 3.85. The van der Waals surface area contributed by atoms with Crippen LogP contribution in [0.2, 0.25) is 0 Å². The number of hydrogen-bond donors (Lipinski definition) is 1. The summed E-state index contributed by atoms with van der Waals surface area (Å²) in [6.07, 6.45) is 4.28. The summed E-state index contributed by atoms with van der Waals surface area (Å²) in [5, 5.41) is 0. The van der Waals surface area contributed by atoms with Crippen molar-refractivity contribution in [2.24, 2.45) is 23.0 Å². The van der Waals surface area contributed by atoms with Crippen molar-refractivity contribution in [2.75, 3.05) is 13.1 Å². The van der Waals surface area contributed by atoms with Crippen LogP contribution in [0, 0.1) is 17.3 Å². The molecule has 2 N–H and O–H groups in total. The highest BCUT2D eigenvalue weighted by Crippen LogP contribution is 2.41. The van der Waals surface area contributed by atoms with Gasteiger partial charge in [0.2, 0.25) is 5.91 Å². The van der Waals surface area contributed by atoms with E-state index in [1.54, 1.807) is 0 Å². The molecule has 0 aromatic heterocycles. The van der Waals surface area contributed by atoms with Crippen molar-refractivity contribution in [3.63, 3.8) is 0 Å². The monoisotopic (exact) mass is 238 g/mol. The van der Waals surface area contributed by atoms with Gasteiger partial charge in [0.15, 0.2) is 0 Å². The van der Waals surface area contributed by atoms with Crippen molar-refractivity contribution >= 4 is 5.91 Å². The molecule has 3 heteroatoms. The molecule has 2 aliphatic rings. The zero-order chi connectivity index (χ0) is 12.6. The minimum Gasteiger partial charge on any atom is -0.339 e. The average Bonchev–Trinajstić information content (AvgIpc) is 2.56. The number of carbonyl (C=O) groups excluding carboxylic acids is 1. The van der Waals surface area contributed by atoms with E-state index in [0.29, 0.717) is 36.2 Å². The Morgan fingerprint density at radius 2 is 2.12 bits per heavy atom. The van der Waals surface area contributed by atoms with E-state index in [1.807, 2.05) is 0 Å². The molecule has 2 rings (SSSR count). The average molecular weight is 238 g/mol. The molecule has 0 aromatic carbocycles. The van der Waals surface area contributed by atoms with Crippen molar-refractivity contribution in [3.8, 4) is 0 Å². The Balaban J connectivity index is 2.04. The summed E-state index contributed by atoms with van der Waals surface area (Å²) in [5.41, 5.74) is 6.07. The predicted molar refractivity (Wildman–Crippen MR) is 69.5 cm³/mol. The first-order chi connectivity index (χ1) is 7.91. The molecule has 0 bridgehead atoms. The molecular weight excluding hydrogens is 212 g/mol. The lowest BCUT2D eigenvalue weighted by Gasteiger charge is -2.42. The van der Waals surface area contributed by atoms with Crippen LogP contribution in [0.5, 0.6) is 0 Å². The first-order valence-corrected chi connectivity index (χ1v) is 6.91. The van der Waals surface area contributed by atoms with Crippen LogP contribution in [-0.4, -0.2) is 29.9 Å². The molecule has 0 spiro atoms. The fourth-order valence-corrected chi connectivity index (χ4v) is 3.85. The molecule has 0 aromatic rings. The Morgan fingerprint density at radius 1 is 1.41 bits per heavy atom. The van der Waals surface area contributed by atoms with Crippen molar-refractivity contribution in [3.05, 3.63) is 0 Å². The standard InChI is InChI=1S/C14H26N2O/c1-10-4-12(7-14(2,3)6-10)16-9-11(8-15)5-13(16)17/h10-12H,4-9,15H2,1-3H3. The quantitative estimate of drug-likeness (QED) is 0.800. The number of nitrogens with two attached hydrogens (primary N) is 1. The summed E-state index contributed by atoms with van der Waals surface area (Å²) < 4.78 is 0. The van der Waals surface area contributed by atoms with Gasteiger partial charge >= 0.3 is 0 Å². The van der Waals surface area contributed by atoms with Crippen LogP contribution in [0.4, 0.5) is 0 Å². The van der Waals surface area contributed by atoms with E-state index in [0.717, 1.165) is 18.9 Å². The smallest absolute Gasteiger partial charge is 0.223 e. The maximum atomic E-state index is 12.0. The van der Waals surface area contributed by atoms with E-state index in [1.165, 1.54) is 12.8 Å². The van der Waals surface area contributed by atoms with Crippen LogP contribution < -0.4 is 5.73 Å². The number of carbonyl (C=O) groups is 1. The van der Waals surface area contributed by atoms with Gasteiger partial charge in [-0.05, 0) is 43.1 Å². The topological polar surface area (TPSA) is 46.3 Å². The Labute approximate surface area is 105 Å². The van der Waals surface area contributed by atoms with Crippen LogP contribution in [0.15, 0.2) is 0 Å². The third kappa shape index (κ3) is 2.82. The zero-order valence-corrected chi connectivity index (χ0v) is 11.4. The Morgan fingerprint density at radius 3 is 2.65 bits per heavy atom. The van der Waals surface area contributed by atoms with Crippen molar-refractivity contribution in [2.45, 2.75) is 52.5 Å². The molecule has 1 heterocycles. The van der Waals surface area contributed by atoms with Gasteiger partial charge in [0.05, 0.1) is 0 Å². The number of likely N-dealkylation sites (tertiary alicyclic amines) is 1. The van der Waals surface area contributed by atoms with Crippen LogP contribution in [0.3, 0.4) is 0 Å². The van der Waals surface area contributed by atoms with Crippen molar-refractivity contribution in [1.82, 2.24) is 4.90 Å². The second-order valence-corrected chi connectivity index (χ2v) is 6.92. The molecule has 98 valence electrons. The first kappa shape index (κ1) is 12.9. The Kier molecular flexibility index (Phi) is 3.48. The molecule has 1 amide bonds. The molecule has 3 atom stereocenters. The van der Waals surface area contributed by atoms with Gasteiger partial charge in [-0.15, -0.1) is 0 Å². The summed E-state index contributed by atoms with van der Waals surface area (Å²) >= 11 is 0. The van der Waals surface area contributed by atoms with E-state index in [9.17, 15) is 4.79 Å². The van der Waals surface area contributed by atoms with Gasteiger partial charge in [-0.2, -0.15) is 0 Å². The van der Waals surface area contributed by atoms with Crippen LogP contribution in [0.25, 0.3) is 0 Å². The number of rotatable bonds is 2. The maximum Gasteiger partial charge on any atom is 0.223 e. The second-order valence-electron chi connectivity index (χ2n) is 6.92. The zero-order valence-electron chi connectivity index (χ0n) is 11.4. The molecule has 0 radical (unpaired) electrons. The van der Waals surface area contributed by atoms with Gasteiger partial charge in [0.1, 0.15) is 0 Å². The number of amides is 1. The SMILES string of the molecule is CC1CC(N2CC(CN)CC2=O)CC(C)(C)C1. The molecule has 3 unspecified atom stereocenters. The van der Waals surface area contributed by atoms with Crippen LogP contribution in [-0.2, 0) is 4.79 Å². The highest BCUT2D eigenvalue weighted by Gasteiger charge is 2.40. The van der Waals surface area contributed by atoms with E-state index in [-0.39, 0.29) is 0 Å². The Hall–Kier alpha value is -0.570. The summed E-state index contributed by atoms with van der Waals surface area (Å²) in [4.78, 5) is 14.2. The second kappa shape index (κ2) is 4.60. The molecule has 2 fully saturated rings. The van der Waals surface area contributed by atoms with Crippen LogP contribution in [0.1, 0.15) is 46.5 Å². The van der Waals surface area contributed by atoms with E-state index < -0.39 is 0 Å². The van der Waals surface area contributed by atoms with Gasteiger partial charge in [-0.25, -0.2) is 0 Å². The highest BCUT2D eigenvalue weighted by molar-refractivity contribution is 5.79. The summed E-state index contributed by atoms with van der Waals surface area (Å²) in [7, 11) is 0. The van der Waals surface area contributed by atoms with E-state index in [4.69, 9.17) is 5.73 Å². The highest BCUT2D eigenvalue weighted by atomic mass is 16.2. The third-order valence-corrected chi connectivity index (χ3v) is 4.38. The maximum absolute atomic E-state index is 12.0. The number of hydrogen-bond acceptors (Lipinski definition) is 2. The lowest BCUT2D eigenvalue weighted by atomic mass is 9.70. The predicted octanol–water partition coefficient (Wildman–Crippen LogP) is 2.01. The van der Waals surface area contributed by atoms with Gasteiger partial charge in [-0.1, -0.05) is 20.8 Å².